The molecule has 2 unspecified atom stereocenters. The van der Waals surface area contributed by atoms with Crippen LogP contribution in [0.1, 0.15) is 0 Å². The molecule has 1 radical (unpaired) electrons. The second kappa shape index (κ2) is 2.59. The van der Waals surface area contributed by atoms with Crippen LogP contribution in [0.4, 0.5) is 0 Å². The third-order valence-electron chi connectivity index (χ3n) is 1.21. The third-order valence-corrected chi connectivity index (χ3v) is 1.21. The molecular weight excluding hydrogens is 124 g/mol. The average Bonchev–Trinajstić information content (AvgIpc) is 2.12. The molecule has 5 heteroatoms. The molecule has 0 aromatic carbocycles. The average molecular weight is 133 g/mol. The molecule has 0 saturated carbocycles. The van der Waals surface area contributed by atoms with Crippen molar-refractivity contribution in [1.82, 2.24) is 10.2 Å². The second-order valence-electron chi connectivity index (χ2n) is 1.78. The topological polar surface area (TPSA) is 76.0 Å². The van der Waals surface area contributed by atoms with Crippen LogP contribution in [-0.2, 0) is 0 Å². The zero-order chi connectivity index (χ0) is 6.85. The highest BCUT2D eigenvalue weighted by atomic mass is 16.4. The maximum Gasteiger partial charge on any atom is 0.167 e. The Balaban J connectivity index is 2.44. The van der Waals surface area contributed by atoms with Crippen LogP contribution in [0.2, 0.25) is 0 Å². The first kappa shape index (κ1) is 6.91. The van der Waals surface area contributed by atoms with Gasteiger partial charge in [0.15, 0.2) is 6.35 Å². The summed E-state index contributed by atoms with van der Waals surface area (Å²) in [7, 11) is 0. The van der Waals surface area contributed by atoms with Crippen molar-refractivity contribution in [2.45, 2.75) is 12.6 Å². The van der Waals surface area contributed by atoms with E-state index in [-0.39, 0.29) is 6.73 Å². The molecule has 1 aliphatic rings. The summed E-state index contributed by atoms with van der Waals surface area (Å²) in [5.41, 5.74) is 0. The van der Waals surface area contributed by atoms with Crippen LogP contribution >= 0.6 is 0 Å². The summed E-state index contributed by atoms with van der Waals surface area (Å²) >= 11 is 0. The predicted molar refractivity (Wildman–Crippen MR) is 28.4 cm³/mol. The van der Waals surface area contributed by atoms with Gasteiger partial charge in [0, 0.05) is 0 Å². The molecule has 9 heavy (non-hydrogen) atoms. The molecule has 0 spiro atoms. The number of nitrogens with one attached hydrogen (secondary N) is 1. The Hall–Kier alpha value is -0.200. The molecule has 1 saturated heterocycles. The smallest absolute Gasteiger partial charge is 0.167 e. The van der Waals surface area contributed by atoms with E-state index >= 15 is 0 Å². The SMILES string of the molecule is OCN1C(O)[CH]NC1O. The van der Waals surface area contributed by atoms with Gasteiger partial charge in [-0.25, -0.2) is 4.90 Å². The molecule has 1 rings (SSSR count). The van der Waals surface area contributed by atoms with E-state index in [4.69, 9.17) is 15.3 Å². The van der Waals surface area contributed by atoms with E-state index in [1.807, 2.05) is 0 Å². The summed E-state index contributed by atoms with van der Waals surface area (Å²) in [5.74, 6) is 0. The van der Waals surface area contributed by atoms with E-state index in [1.165, 1.54) is 6.54 Å². The normalized spacial score (nSPS) is 37.7. The van der Waals surface area contributed by atoms with Gasteiger partial charge in [-0.2, -0.15) is 0 Å². The first-order valence-corrected chi connectivity index (χ1v) is 2.58. The van der Waals surface area contributed by atoms with Gasteiger partial charge in [0.25, 0.3) is 0 Å². The van der Waals surface area contributed by atoms with Gasteiger partial charge in [-0.1, -0.05) is 0 Å². The highest BCUT2D eigenvalue weighted by Crippen LogP contribution is 2.07. The molecule has 0 aromatic heterocycles. The first-order chi connectivity index (χ1) is 4.25. The van der Waals surface area contributed by atoms with Gasteiger partial charge in [-0.15, -0.1) is 0 Å². The number of aliphatic hydroxyl groups excluding tert-OH is 3. The first-order valence-electron chi connectivity index (χ1n) is 2.58. The van der Waals surface area contributed by atoms with Gasteiger partial charge in [0.05, 0.1) is 6.54 Å². The molecular formula is C4H9N2O3. The lowest BCUT2D eigenvalue weighted by molar-refractivity contribution is -0.0952. The zero-order valence-electron chi connectivity index (χ0n) is 4.73. The highest BCUT2D eigenvalue weighted by Gasteiger charge is 2.29. The van der Waals surface area contributed by atoms with Gasteiger partial charge in [0.2, 0.25) is 0 Å². The number of aliphatic hydroxyl groups is 3. The molecule has 1 heterocycles. The largest absolute Gasteiger partial charge is 0.381 e. The number of nitrogens with zero attached hydrogens (tertiary/aromatic N) is 1. The van der Waals surface area contributed by atoms with Crippen LogP contribution in [-0.4, -0.2) is 39.5 Å². The Morgan fingerprint density at radius 3 is 2.44 bits per heavy atom. The van der Waals surface area contributed by atoms with Crippen molar-refractivity contribution in [3.63, 3.8) is 0 Å². The lowest BCUT2D eigenvalue weighted by Crippen LogP contribution is -2.39. The Labute approximate surface area is 52.5 Å². The maximum atomic E-state index is 8.85. The van der Waals surface area contributed by atoms with Crippen LogP contribution in [0.5, 0.6) is 0 Å². The minimum atomic E-state index is -0.968. The fourth-order valence-electron chi connectivity index (χ4n) is 0.669. The molecule has 53 valence electrons. The Kier molecular flexibility index (Phi) is 1.99. The lowest BCUT2D eigenvalue weighted by atomic mass is 10.6. The van der Waals surface area contributed by atoms with E-state index in [2.05, 4.69) is 5.32 Å². The standard InChI is InChI=1S/C4H9N2O3/c7-2-6-3(8)1-5-4(6)9/h1,3-5,7-9H,2H2. The van der Waals surface area contributed by atoms with Crippen LogP contribution in [0.15, 0.2) is 0 Å². The number of hydrogen-bond acceptors (Lipinski definition) is 5. The van der Waals surface area contributed by atoms with E-state index < -0.39 is 12.6 Å². The van der Waals surface area contributed by atoms with Crippen molar-refractivity contribution < 1.29 is 15.3 Å². The van der Waals surface area contributed by atoms with E-state index in [0.29, 0.717) is 0 Å². The van der Waals surface area contributed by atoms with E-state index in [0.717, 1.165) is 4.90 Å². The minimum Gasteiger partial charge on any atom is -0.381 e. The van der Waals surface area contributed by atoms with Crippen LogP contribution in [0.25, 0.3) is 0 Å². The quantitative estimate of drug-likeness (QED) is 0.321. The van der Waals surface area contributed by atoms with E-state index in [9.17, 15) is 0 Å². The molecule has 0 amide bonds. The van der Waals surface area contributed by atoms with E-state index in [1.54, 1.807) is 0 Å². The van der Waals surface area contributed by atoms with Crippen molar-refractivity contribution >= 4 is 0 Å². The minimum absolute atomic E-state index is 0.369. The van der Waals surface area contributed by atoms with Gasteiger partial charge in [0.1, 0.15) is 13.0 Å². The summed E-state index contributed by atoms with van der Waals surface area (Å²) in [6, 6.07) is 0. The molecule has 1 fully saturated rings. The number of rotatable bonds is 1. The van der Waals surface area contributed by atoms with Crippen molar-refractivity contribution in [2.75, 3.05) is 6.73 Å². The van der Waals surface area contributed by atoms with Gasteiger partial charge >= 0.3 is 0 Å². The summed E-state index contributed by atoms with van der Waals surface area (Å²) < 4.78 is 0. The molecule has 0 aromatic rings. The van der Waals surface area contributed by atoms with Gasteiger partial charge in [-0.3, -0.25) is 5.32 Å². The third kappa shape index (κ3) is 1.20. The fourth-order valence-corrected chi connectivity index (χ4v) is 0.669. The zero-order valence-corrected chi connectivity index (χ0v) is 4.73. The number of hydrogen-bond donors (Lipinski definition) is 4. The maximum absolute atomic E-state index is 8.85. The summed E-state index contributed by atoms with van der Waals surface area (Å²) in [4.78, 5) is 1.07. The van der Waals surface area contributed by atoms with Crippen LogP contribution in [0, 0.1) is 6.54 Å². The Morgan fingerprint density at radius 1 is 1.56 bits per heavy atom. The molecule has 5 nitrogen and oxygen atoms in total. The van der Waals surface area contributed by atoms with Crippen molar-refractivity contribution in [2.24, 2.45) is 0 Å². The summed E-state index contributed by atoms with van der Waals surface area (Å²) in [6.07, 6.45) is -1.87. The molecule has 2 atom stereocenters. The van der Waals surface area contributed by atoms with Crippen LogP contribution < -0.4 is 5.32 Å². The predicted octanol–water partition coefficient (Wildman–Crippen LogP) is -2.40. The van der Waals surface area contributed by atoms with Gasteiger partial charge < -0.3 is 15.3 Å². The summed E-state index contributed by atoms with van der Waals surface area (Å²) in [6.45, 7) is 0.923. The Morgan fingerprint density at radius 2 is 2.22 bits per heavy atom. The van der Waals surface area contributed by atoms with Crippen molar-refractivity contribution in [3.05, 3.63) is 6.54 Å². The second-order valence-corrected chi connectivity index (χ2v) is 1.78. The molecule has 4 N–H and O–H groups in total. The molecule has 0 bridgehead atoms. The van der Waals surface area contributed by atoms with Crippen molar-refractivity contribution in [1.29, 1.82) is 0 Å². The molecule has 0 aliphatic carbocycles. The monoisotopic (exact) mass is 133 g/mol. The highest BCUT2D eigenvalue weighted by molar-refractivity contribution is 4.82. The fraction of sp³-hybridized carbons (Fsp3) is 0.750. The van der Waals surface area contributed by atoms with Crippen LogP contribution in [0.3, 0.4) is 0 Å². The van der Waals surface area contributed by atoms with Gasteiger partial charge in [-0.05, 0) is 0 Å². The lowest BCUT2D eigenvalue weighted by Gasteiger charge is -2.18. The molecule has 1 aliphatic heterocycles. The summed E-state index contributed by atoms with van der Waals surface area (Å²) in [5, 5.41) is 28.5. The Bertz CT molecular complexity index is 89.8. The van der Waals surface area contributed by atoms with Crippen molar-refractivity contribution in [3.8, 4) is 0 Å².